The van der Waals surface area contributed by atoms with E-state index in [4.69, 9.17) is 11.6 Å². The maximum absolute atomic E-state index is 12.9. The van der Waals surface area contributed by atoms with Gasteiger partial charge in [-0.05, 0) is 61.7 Å². The van der Waals surface area contributed by atoms with Crippen molar-refractivity contribution in [3.8, 4) is 5.75 Å². The van der Waals surface area contributed by atoms with Crippen molar-refractivity contribution in [3.63, 3.8) is 0 Å². The number of anilines is 2. The predicted molar refractivity (Wildman–Crippen MR) is 121 cm³/mol. The first-order chi connectivity index (χ1) is 15.2. The van der Waals surface area contributed by atoms with Crippen molar-refractivity contribution in [1.82, 2.24) is 4.98 Å². The molecule has 8 nitrogen and oxygen atoms in total. The third-order valence-corrected chi connectivity index (χ3v) is 6.88. The van der Waals surface area contributed by atoms with Gasteiger partial charge in [0.1, 0.15) is 11.4 Å². The van der Waals surface area contributed by atoms with E-state index in [0.29, 0.717) is 35.4 Å². The van der Waals surface area contributed by atoms with Crippen LogP contribution in [0.3, 0.4) is 0 Å². The van der Waals surface area contributed by atoms with Gasteiger partial charge < -0.3 is 15.4 Å². The molecule has 166 valence electrons. The SMILES string of the molecule is Cc1c(C(=O)Nc2cc(S(=O)(=O)Nc3cccc(Cl)c3)ccc2O)[nH]c2c1C(=O)CCC2. The summed E-state index contributed by atoms with van der Waals surface area (Å²) in [5.74, 6) is -0.899. The first kappa shape index (κ1) is 21.9. The van der Waals surface area contributed by atoms with E-state index in [0.717, 1.165) is 11.8 Å². The van der Waals surface area contributed by atoms with Crippen LogP contribution in [0, 0.1) is 6.92 Å². The molecule has 2 aromatic carbocycles. The number of carbonyl (C=O) groups is 2. The zero-order valence-corrected chi connectivity index (χ0v) is 18.6. The molecule has 0 aliphatic heterocycles. The van der Waals surface area contributed by atoms with E-state index < -0.39 is 15.9 Å². The highest BCUT2D eigenvalue weighted by Gasteiger charge is 2.27. The number of aromatic amines is 1. The molecule has 0 saturated heterocycles. The Labute approximate surface area is 189 Å². The number of hydrogen-bond acceptors (Lipinski definition) is 5. The molecule has 0 atom stereocenters. The minimum Gasteiger partial charge on any atom is -0.506 e. The Bertz CT molecular complexity index is 1350. The van der Waals surface area contributed by atoms with E-state index >= 15 is 0 Å². The molecule has 4 rings (SSSR count). The van der Waals surface area contributed by atoms with Crippen LogP contribution in [0.15, 0.2) is 47.4 Å². The van der Waals surface area contributed by atoms with Crippen molar-refractivity contribution in [3.05, 3.63) is 70.0 Å². The molecule has 0 fully saturated rings. The summed E-state index contributed by atoms with van der Waals surface area (Å²) >= 11 is 5.90. The van der Waals surface area contributed by atoms with Gasteiger partial charge >= 0.3 is 0 Å². The van der Waals surface area contributed by atoms with Gasteiger partial charge in [0.25, 0.3) is 15.9 Å². The lowest BCUT2D eigenvalue weighted by Crippen LogP contribution is -2.16. The largest absolute Gasteiger partial charge is 0.506 e. The van der Waals surface area contributed by atoms with Gasteiger partial charge in [-0.1, -0.05) is 17.7 Å². The average molecular weight is 474 g/mol. The quantitative estimate of drug-likeness (QED) is 0.412. The van der Waals surface area contributed by atoms with E-state index in [1.54, 1.807) is 25.1 Å². The van der Waals surface area contributed by atoms with Crippen molar-refractivity contribution in [1.29, 1.82) is 0 Å². The Kier molecular flexibility index (Phi) is 5.70. The Morgan fingerprint density at radius 1 is 1.16 bits per heavy atom. The van der Waals surface area contributed by atoms with Gasteiger partial charge in [0, 0.05) is 22.7 Å². The fourth-order valence-corrected chi connectivity index (χ4v) is 5.00. The second-order valence-electron chi connectivity index (χ2n) is 7.50. The minimum absolute atomic E-state index is 0.0120. The number of hydrogen-bond donors (Lipinski definition) is 4. The van der Waals surface area contributed by atoms with Crippen LogP contribution in [0.5, 0.6) is 5.75 Å². The van der Waals surface area contributed by atoms with Crippen LogP contribution in [0.2, 0.25) is 5.02 Å². The molecule has 4 N–H and O–H groups in total. The number of aromatic nitrogens is 1. The van der Waals surface area contributed by atoms with Crippen LogP contribution in [0.1, 0.15) is 44.9 Å². The monoisotopic (exact) mass is 473 g/mol. The highest BCUT2D eigenvalue weighted by atomic mass is 35.5. The number of phenols is 1. The lowest BCUT2D eigenvalue weighted by molar-refractivity contribution is 0.0971. The Morgan fingerprint density at radius 2 is 1.94 bits per heavy atom. The number of aromatic hydroxyl groups is 1. The zero-order chi connectivity index (χ0) is 23.0. The van der Waals surface area contributed by atoms with Crippen molar-refractivity contribution in [2.75, 3.05) is 10.0 Å². The van der Waals surface area contributed by atoms with Gasteiger partial charge in [-0.25, -0.2) is 8.42 Å². The number of ketones is 1. The maximum Gasteiger partial charge on any atom is 0.272 e. The second-order valence-corrected chi connectivity index (χ2v) is 9.62. The lowest BCUT2D eigenvalue weighted by Gasteiger charge is -2.12. The maximum atomic E-state index is 12.9. The number of amides is 1. The molecule has 1 amide bonds. The molecular weight excluding hydrogens is 454 g/mol. The number of sulfonamides is 1. The first-order valence-corrected chi connectivity index (χ1v) is 11.7. The molecule has 1 aromatic heterocycles. The molecule has 0 radical (unpaired) electrons. The van der Waals surface area contributed by atoms with Crippen molar-refractivity contribution >= 4 is 44.7 Å². The summed E-state index contributed by atoms with van der Waals surface area (Å²) in [7, 11) is -4.01. The summed E-state index contributed by atoms with van der Waals surface area (Å²) in [6, 6.07) is 9.77. The van der Waals surface area contributed by atoms with Gasteiger partial charge in [-0.3, -0.25) is 14.3 Å². The van der Waals surface area contributed by atoms with Crippen LogP contribution in [0.25, 0.3) is 0 Å². The molecule has 32 heavy (non-hydrogen) atoms. The minimum atomic E-state index is -4.01. The van der Waals surface area contributed by atoms with Gasteiger partial charge in [0.05, 0.1) is 16.3 Å². The van der Waals surface area contributed by atoms with E-state index in [1.807, 2.05) is 0 Å². The van der Waals surface area contributed by atoms with Crippen molar-refractivity contribution in [2.45, 2.75) is 31.1 Å². The van der Waals surface area contributed by atoms with Crippen LogP contribution >= 0.6 is 11.6 Å². The lowest BCUT2D eigenvalue weighted by atomic mass is 9.94. The fourth-order valence-electron chi connectivity index (χ4n) is 3.73. The van der Waals surface area contributed by atoms with Crippen molar-refractivity contribution < 1.29 is 23.1 Å². The molecule has 3 aromatic rings. The normalized spacial score (nSPS) is 13.5. The van der Waals surface area contributed by atoms with E-state index in [2.05, 4.69) is 15.0 Å². The number of H-pyrrole nitrogens is 1. The Balaban J connectivity index is 1.61. The number of benzene rings is 2. The summed E-state index contributed by atoms with van der Waals surface area (Å²) in [6.07, 6.45) is 1.82. The molecule has 1 heterocycles. The molecule has 0 saturated carbocycles. The first-order valence-electron chi connectivity index (χ1n) is 9.83. The zero-order valence-electron chi connectivity index (χ0n) is 17.0. The van der Waals surface area contributed by atoms with Crippen LogP contribution in [-0.4, -0.2) is 30.2 Å². The van der Waals surface area contributed by atoms with Crippen LogP contribution < -0.4 is 10.0 Å². The number of carbonyl (C=O) groups excluding carboxylic acids is 2. The summed E-state index contributed by atoms with van der Waals surface area (Å²) in [5.41, 5.74) is 2.18. The summed E-state index contributed by atoms with van der Waals surface area (Å²) in [6.45, 7) is 1.68. The standard InChI is InChI=1S/C22H20ClN3O5S/c1-12-20-16(6-3-7-19(20)28)24-21(12)22(29)25-17-11-15(8-9-18(17)27)32(30,31)26-14-5-2-4-13(23)10-14/h2,4-5,8-11,24,26-27H,3,6-7H2,1H3,(H,25,29). The molecule has 0 spiro atoms. The molecule has 1 aliphatic rings. The summed E-state index contributed by atoms with van der Waals surface area (Å²) in [4.78, 5) is 27.9. The molecular formula is C22H20ClN3O5S. The van der Waals surface area contributed by atoms with Gasteiger partial charge in [0.15, 0.2) is 5.78 Å². The average Bonchev–Trinajstić information content (AvgIpc) is 3.07. The van der Waals surface area contributed by atoms with Crippen molar-refractivity contribution in [2.24, 2.45) is 0 Å². The summed E-state index contributed by atoms with van der Waals surface area (Å²) < 4.78 is 27.9. The molecule has 10 heteroatoms. The summed E-state index contributed by atoms with van der Waals surface area (Å²) in [5, 5.41) is 13.1. The fraction of sp³-hybridized carbons (Fsp3) is 0.182. The van der Waals surface area contributed by atoms with E-state index in [9.17, 15) is 23.1 Å². The Hall–Kier alpha value is -3.30. The number of halogens is 1. The number of fused-ring (bicyclic) bond motifs is 1. The third kappa shape index (κ3) is 4.21. The highest BCUT2D eigenvalue weighted by Crippen LogP contribution is 2.30. The highest BCUT2D eigenvalue weighted by molar-refractivity contribution is 7.92. The Morgan fingerprint density at radius 3 is 2.66 bits per heavy atom. The van der Waals surface area contributed by atoms with Crippen LogP contribution in [-0.2, 0) is 16.4 Å². The number of phenolic OH excluding ortho intramolecular Hbond substituents is 1. The number of nitrogens with one attached hydrogen (secondary N) is 3. The molecule has 0 unspecified atom stereocenters. The smallest absolute Gasteiger partial charge is 0.272 e. The van der Waals surface area contributed by atoms with Crippen LogP contribution in [0.4, 0.5) is 11.4 Å². The van der Waals surface area contributed by atoms with Gasteiger partial charge in [-0.15, -0.1) is 0 Å². The topological polar surface area (TPSA) is 128 Å². The third-order valence-electron chi connectivity index (χ3n) is 5.27. The van der Waals surface area contributed by atoms with E-state index in [1.165, 1.54) is 18.2 Å². The number of Topliss-reactive ketones (excluding diaryl/α,β-unsaturated/α-hetero) is 1. The van der Waals surface area contributed by atoms with Gasteiger partial charge in [-0.2, -0.15) is 0 Å². The number of aryl methyl sites for hydroxylation is 1. The second kappa shape index (κ2) is 8.33. The molecule has 0 bridgehead atoms. The van der Waals surface area contributed by atoms with E-state index in [-0.39, 0.29) is 33.5 Å². The molecule has 1 aliphatic carbocycles. The van der Waals surface area contributed by atoms with Gasteiger partial charge in [0.2, 0.25) is 0 Å². The number of rotatable bonds is 5. The predicted octanol–water partition coefficient (Wildman–Crippen LogP) is 4.25.